The first-order valence-electron chi connectivity index (χ1n) is 7.93. The van der Waals surface area contributed by atoms with Crippen molar-refractivity contribution in [2.24, 2.45) is 5.10 Å². The molecular formula is C19H16ClN3O3S. The number of carbonyl (C=O) groups is 1. The number of thiazole rings is 1. The number of hydrogen-bond donors (Lipinski definition) is 1. The summed E-state index contributed by atoms with van der Waals surface area (Å²) in [6.45, 7) is 1.92. The second kappa shape index (κ2) is 8.66. The van der Waals surface area contributed by atoms with Crippen LogP contribution in [0.4, 0.5) is 5.13 Å². The van der Waals surface area contributed by atoms with Crippen molar-refractivity contribution in [2.75, 3.05) is 12.5 Å². The first-order chi connectivity index (χ1) is 13.1. The molecule has 3 rings (SSSR count). The Kier molecular flexibility index (Phi) is 6.05. The Morgan fingerprint density at radius 2 is 2.07 bits per heavy atom. The Balaban J connectivity index is 1.72. The number of nitrogens with zero attached hydrogens (tertiary/aromatic N) is 2. The second-order valence-corrected chi connectivity index (χ2v) is 6.71. The van der Waals surface area contributed by atoms with Crippen LogP contribution in [-0.2, 0) is 0 Å². The maximum absolute atomic E-state index is 12.3. The molecule has 0 aliphatic heterocycles. The average Bonchev–Trinajstić information content (AvgIpc) is 3.08. The fraction of sp³-hybridized carbons (Fsp3) is 0.105. The molecule has 0 radical (unpaired) electrons. The van der Waals surface area contributed by atoms with E-state index in [0.29, 0.717) is 21.7 Å². The number of methoxy groups -OCH3 is 1. The van der Waals surface area contributed by atoms with Crippen molar-refractivity contribution >= 4 is 40.3 Å². The van der Waals surface area contributed by atoms with Gasteiger partial charge in [-0.3, -0.25) is 5.43 Å². The number of anilines is 1. The van der Waals surface area contributed by atoms with E-state index in [9.17, 15) is 4.79 Å². The highest BCUT2D eigenvalue weighted by Gasteiger charge is 2.15. The van der Waals surface area contributed by atoms with E-state index in [1.807, 2.05) is 12.3 Å². The van der Waals surface area contributed by atoms with E-state index in [4.69, 9.17) is 21.1 Å². The van der Waals surface area contributed by atoms with Crippen molar-refractivity contribution in [3.8, 4) is 11.5 Å². The fourth-order valence-corrected chi connectivity index (χ4v) is 3.05. The summed E-state index contributed by atoms with van der Waals surface area (Å²) in [4.78, 5) is 16.6. The Morgan fingerprint density at radius 3 is 2.78 bits per heavy atom. The topological polar surface area (TPSA) is 72.8 Å². The Bertz CT molecular complexity index is 988. The fourth-order valence-electron chi connectivity index (χ4n) is 2.20. The lowest BCUT2D eigenvalue weighted by Crippen LogP contribution is -2.10. The SMILES string of the molecule is COc1cc(C=NNc2nc(C)cs2)ccc1OC(=O)c1ccccc1Cl. The van der Waals surface area contributed by atoms with E-state index in [2.05, 4.69) is 15.5 Å². The molecule has 0 saturated carbocycles. The zero-order chi connectivity index (χ0) is 19.2. The number of esters is 1. The Morgan fingerprint density at radius 1 is 1.26 bits per heavy atom. The van der Waals surface area contributed by atoms with E-state index in [0.717, 1.165) is 11.3 Å². The van der Waals surface area contributed by atoms with Crippen LogP contribution >= 0.6 is 22.9 Å². The first-order valence-corrected chi connectivity index (χ1v) is 9.18. The van der Waals surface area contributed by atoms with E-state index < -0.39 is 5.97 Å². The molecule has 138 valence electrons. The smallest absolute Gasteiger partial charge is 0.345 e. The third-order valence-electron chi connectivity index (χ3n) is 3.48. The molecule has 1 aromatic heterocycles. The third kappa shape index (κ3) is 4.84. The molecule has 0 atom stereocenters. The maximum atomic E-state index is 12.3. The van der Waals surface area contributed by atoms with Gasteiger partial charge in [-0.1, -0.05) is 23.7 Å². The van der Waals surface area contributed by atoms with Gasteiger partial charge in [0.2, 0.25) is 5.13 Å². The quantitative estimate of drug-likeness (QED) is 0.278. The molecule has 0 aliphatic rings. The van der Waals surface area contributed by atoms with Gasteiger partial charge in [-0.2, -0.15) is 5.10 Å². The van der Waals surface area contributed by atoms with Crippen LogP contribution in [0.2, 0.25) is 5.02 Å². The van der Waals surface area contributed by atoms with Gasteiger partial charge >= 0.3 is 5.97 Å². The predicted molar refractivity (Wildman–Crippen MR) is 107 cm³/mol. The molecule has 8 heteroatoms. The lowest BCUT2D eigenvalue weighted by Gasteiger charge is -2.10. The number of rotatable bonds is 6. The highest BCUT2D eigenvalue weighted by atomic mass is 35.5. The van der Waals surface area contributed by atoms with Crippen molar-refractivity contribution in [3.05, 3.63) is 69.7 Å². The van der Waals surface area contributed by atoms with Crippen molar-refractivity contribution in [3.63, 3.8) is 0 Å². The summed E-state index contributed by atoms with van der Waals surface area (Å²) in [5.74, 6) is 0.147. The largest absolute Gasteiger partial charge is 0.493 e. The standard InChI is InChI=1S/C19H16ClN3O3S/c1-12-11-27-19(22-12)23-21-10-13-7-8-16(17(9-13)25-2)26-18(24)14-5-3-4-6-15(14)20/h3-11H,1-2H3,(H,22,23). The molecule has 0 saturated heterocycles. The van der Waals surface area contributed by atoms with Gasteiger partial charge in [0.05, 0.1) is 29.6 Å². The van der Waals surface area contributed by atoms with Crippen LogP contribution in [0.25, 0.3) is 0 Å². The van der Waals surface area contributed by atoms with Crippen LogP contribution in [0.5, 0.6) is 11.5 Å². The molecule has 6 nitrogen and oxygen atoms in total. The minimum atomic E-state index is -0.555. The highest BCUT2D eigenvalue weighted by molar-refractivity contribution is 7.13. The van der Waals surface area contributed by atoms with E-state index >= 15 is 0 Å². The van der Waals surface area contributed by atoms with E-state index in [1.54, 1.807) is 48.7 Å². The number of ether oxygens (including phenoxy) is 2. The third-order valence-corrected chi connectivity index (χ3v) is 4.67. The van der Waals surface area contributed by atoms with Crippen molar-refractivity contribution in [1.82, 2.24) is 4.98 Å². The summed E-state index contributed by atoms with van der Waals surface area (Å²) < 4.78 is 10.7. The summed E-state index contributed by atoms with van der Waals surface area (Å²) in [6, 6.07) is 11.8. The van der Waals surface area contributed by atoms with Gasteiger partial charge in [0.25, 0.3) is 0 Å². The molecule has 27 heavy (non-hydrogen) atoms. The van der Waals surface area contributed by atoms with Gasteiger partial charge in [0.15, 0.2) is 11.5 Å². The lowest BCUT2D eigenvalue weighted by molar-refractivity contribution is 0.0730. The molecule has 0 unspecified atom stereocenters. The maximum Gasteiger partial charge on any atom is 0.345 e. The molecule has 0 bridgehead atoms. The van der Waals surface area contributed by atoms with Crippen molar-refractivity contribution < 1.29 is 14.3 Å². The number of hydrazone groups is 1. The molecule has 0 spiro atoms. The zero-order valence-electron chi connectivity index (χ0n) is 14.6. The number of halogens is 1. The van der Waals surface area contributed by atoms with Gasteiger partial charge in [-0.25, -0.2) is 9.78 Å². The lowest BCUT2D eigenvalue weighted by atomic mass is 10.2. The van der Waals surface area contributed by atoms with Crippen LogP contribution in [-0.4, -0.2) is 24.3 Å². The molecule has 2 aromatic carbocycles. The number of carbonyl (C=O) groups excluding carboxylic acids is 1. The summed E-state index contributed by atoms with van der Waals surface area (Å²) in [7, 11) is 1.50. The van der Waals surface area contributed by atoms with E-state index in [-0.39, 0.29) is 5.56 Å². The van der Waals surface area contributed by atoms with Crippen LogP contribution < -0.4 is 14.9 Å². The number of nitrogens with one attached hydrogen (secondary N) is 1. The summed E-state index contributed by atoms with van der Waals surface area (Å²) >= 11 is 7.50. The molecular weight excluding hydrogens is 386 g/mol. The predicted octanol–water partition coefficient (Wildman–Crippen LogP) is 4.78. The number of benzene rings is 2. The summed E-state index contributed by atoms with van der Waals surface area (Å²) in [5.41, 5.74) is 4.85. The van der Waals surface area contributed by atoms with Gasteiger partial charge in [-0.15, -0.1) is 11.3 Å². The van der Waals surface area contributed by atoms with Crippen LogP contribution in [0.15, 0.2) is 52.9 Å². The van der Waals surface area contributed by atoms with Crippen LogP contribution in [0.1, 0.15) is 21.6 Å². The van der Waals surface area contributed by atoms with Gasteiger partial charge < -0.3 is 9.47 Å². The monoisotopic (exact) mass is 401 g/mol. The van der Waals surface area contributed by atoms with Crippen LogP contribution in [0, 0.1) is 6.92 Å². The number of aromatic nitrogens is 1. The Labute approximate surface area is 165 Å². The van der Waals surface area contributed by atoms with Gasteiger partial charge in [0, 0.05) is 5.38 Å². The minimum Gasteiger partial charge on any atom is -0.493 e. The second-order valence-electron chi connectivity index (χ2n) is 5.44. The molecule has 1 heterocycles. The first kappa shape index (κ1) is 18.9. The Hall–Kier alpha value is -2.90. The van der Waals surface area contributed by atoms with Gasteiger partial charge in [-0.05, 0) is 42.8 Å². The molecule has 0 fully saturated rings. The van der Waals surface area contributed by atoms with Gasteiger partial charge in [0.1, 0.15) is 0 Å². The van der Waals surface area contributed by atoms with E-state index in [1.165, 1.54) is 18.4 Å². The van der Waals surface area contributed by atoms with Crippen LogP contribution in [0.3, 0.4) is 0 Å². The molecule has 0 aliphatic carbocycles. The molecule has 1 N–H and O–H groups in total. The van der Waals surface area contributed by atoms with Crippen molar-refractivity contribution in [1.29, 1.82) is 0 Å². The molecule has 3 aromatic rings. The summed E-state index contributed by atoms with van der Waals surface area (Å²) in [5, 5.41) is 7.11. The summed E-state index contributed by atoms with van der Waals surface area (Å²) in [6.07, 6.45) is 1.62. The normalized spacial score (nSPS) is 10.8. The van der Waals surface area contributed by atoms with Crippen molar-refractivity contribution in [2.45, 2.75) is 6.92 Å². The number of aryl methyl sites for hydroxylation is 1. The minimum absolute atomic E-state index is 0.287. The zero-order valence-corrected chi connectivity index (χ0v) is 16.2. The number of hydrogen-bond acceptors (Lipinski definition) is 7. The highest BCUT2D eigenvalue weighted by Crippen LogP contribution is 2.29. The average molecular weight is 402 g/mol. The molecule has 0 amide bonds.